The van der Waals surface area contributed by atoms with Crippen LogP contribution in [0.3, 0.4) is 0 Å². The van der Waals surface area contributed by atoms with Crippen LogP contribution >= 0.6 is 47.8 Å². The summed E-state index contributed by atoms with van der Waals surface area (Å²) in [6.45, 7) is 13.2. The minimum Gasteiger partial charge on any atom is -0.481 e. The van der Waals surface area contributed by atoms with Crippen LogP contribution in [0.25, 0.3) is 0 Å². The number of imidazole rings is 3. The highest BCUT2D eigenvalue weighted by Crippen LogP contribution is 2.55. The number of esters is 2. The van der Waals surface area contributed by atoms with Gasteiger partial charge >= 0.3 is 24.0 Å². The van der Waals surface area contributed by atoms with Crippen LogP contribution < -0.4 is 5.32 Å². The maximum absolute atomic E-state index is 13.1. The quantitative estimate of drug-likeness (QED) is 0.0897. The standard InChI is InChI=1S/C16H22BrN3O3.C13H18BrN3O2.C8H10BrN3.C8H14O4/c1-8(2)10(6-14(21)23-3)16(22)20-11-4-9(11)5-12(20)15-18-7-13(17)19-15;1-13(2,3)19-12(18)17-8-4-7(8)5-9(17)11-15-6-10(14)16-11;9-7-3-10-8(12-7)6-2-4-1-5(4)11-6;1-5(2)6(8(10)11)4-7(9)12-3/h7-12H,4-6H2,1-3H3,(H,18,19);6-9H,4-5H2,1-3H3,(H,15,16);3-6,11H,1-2H2,(H,10,12);5-6H,4H2,1-3H3,(H,10,11)/t9-,10-,11-,12-;7-,8-,9-;4-,5-,6-;6-/m0000/s1. The van der Waals surface area contributed by atoms with Gasteiger partial charge in [-0.1, -0.05) is 27.7 Å². The van der Waals surface area contributed by atoms with E-state index >= 15 is 0 Å². The molecule has 0 bridgehead atoms. The first-order valence-electron chi connectivity index (χ1n) is 22.7. The molecule has 0 aromatic carbocycles. The van der Waals surface area contributed by atoms with E-state index in [2.05, 4.69) is 87.7 Å². The molecule has 6 heterocycles. The number of methoxy groups -OCH3 is 2. The number of carboxylic acid groups (broad SMARTS) is 1. The fourth-order valence-corrected chi connectivity index (χ4v) is 10.1. The van der Waals surface area contributed by atoms with Crippen LogP contribution in [0.2, 0.25) is 0 Å². The molecule has 18 nitrogen and oxygen atoms in total. The molecule has 21 heteroatoms. The lowest BCUT2D eigenvalue weighted by atomic mass is 9.90. The summed E-state index contributed by atoms with van der Waals surface area (Å²) >= 11 is 10.1. The van der Waals surface area contributed by atoms with Crippen molar-refractivity contribution in [1.82, 2.24) is 45.0 Å². The third-order valence-electron chi connectivity index (χ3n) is 13.1. The van der Waals surface area contributed by atoms with Crippen molar-refractivity contribution in [1.29, 1.82) is 0 Å². The van der Waals surface area contributed by atoms with E-state index in [1.807, 2.05) is 50.6 Å². The van der Waals surface area contributed by atoms with Crippen molar-refractivity contribution >= 4 is 77.7 Å². The minimum atomic E-state index is -0.949. The Morgan fingerprint density at radius 3 is 1.53 bits per heavy atom. The van der Waals surface area contributed by atoms with Crippen LogP contribution in [0.4, 0.5) is 4.79 Å². The van der Waals surface area contributed by atoms with E-state index in [0.29, 0.717) is 30.0 Å². The van der Waals surface area contributed by atoms with Gasteiger partial charge in [0, 0.05) is 18.1 Å². The van der Waals surface area contributed by atoms with Crippen LogP contribution in [-0.4, -0.2) is 113 Å². The van der Waals surface area contributed by atoms with Crippen LogP contribution in [0.5, 0.6) is 0 Å². The molecule has 0 unspecified atom stereocenters. The van der Waals surface area contributed by atoms with Gasteiger partial charge < -0.3 is 44.5 Å². The Morgan fingerprint density at radius 2 is 1.14 bits per heavy atom. The number of likely N-dealkylation sites (tertiary alicyclic amines) is 2. The molecular weight excluding hydrogens is 1050 g/mol. The van der Waals surface area contributed by atoms with Gasteiger partial charge in [0.15, 0.2) is 0 Å². The molecule has 0 spiro atoms. The third-order valence-corrected chi connectivity index (χ3v) is 14.3. The number of fused-ring (bicyclic) bond motifs is 3. The summed E-state index contributed by atoms with van der Waals surface area (Å²) in [7, 11) is 2.61. The van der Waals surface area contributed by atoms with E-state index in [1.165, 1.54) is 27.1 Å². The molecule has 5 N–H and O–H groups in total. The number of carbonyl (C=O) groups is 5. The molecule has 3 saturated heterocycles. The summed E-state index contributed by atoms with van der Waals surface area (Å²) < 4.78 is 17.3. The SMILES string of the molecule is Brc1cnc([C@@H]2C[C@@H]3C[C@@H]3N2)[nH]1.CC(C)(C)OC(=O)N1[C@H](c2ncc(Br)[nH]2)C[C@@H]2C[C@@H]21.COC(=O)C[C@H](C(=O)N1[C@H](c2ncc(Br)[nH]2)C[C@@H]2C[C@@H]21)C(C)C.COC(=O)C[C@H](C(=O)O)C(C)C. The van der Waals surface area contributed by atoms with Crippen molar-refractivity contribution in [3.8, 4) is 0 Å². The monoisotopic (exact) mass is 1110 g/mol. The van der Waals surface area contributed by atoms with Gasteiger partial charge in [-0.25, -0.2) is 19.7 Å². The second-order valence-electron chi connectivity index (χ2n) is 19.8. The molecule has 364 valence electrons. The van der Waals surface area contributed by atoms with Gasteiger partial charge in [-0.2, -0.15) is 0 Å². The molecule has 9 rings (SSSR count). The second kappa shape index (κ2) is 21.6. The summed E-state index contributed by atoms with van der Waals surface area (Å²) in [6, 6.07) is 1.90. The number of carboxylic acids is 1. The number of aliphatic carboxylic acids is 1. The zero-order chi connectivity index (χ0) is 48.4. The van der Waals surface area contributed by atoms with Crippen LogP contribution in [-0.2, 0) is 33.4 Å². The summed E-state index contributed by atoms with van der Waals surface area (Å²) in [5.74, 6) is 2.18. The van der Waals surface area contributed by atoms with Crippen LogP contribution in [0.1, 0.15) is 135 Å². The summed E-state index contributed by atoms with van der Waals surface area (Å²) in [5.41, 5.74) is -0.460. The van der Waals surface area contributed by atoms with Gasteiger partial charge in [-0.3, -0.25) is 24.1 Å². The molecule has 3 aromatic heterocycles. The summed E-state index contributed by atoms with van der Waals surface area (Å²) in [6.07, 6.45) is 11.8. The molecule has 3 aliphatic carbocycles. The maximum atomic E-state index is 13.1. The van der Waals surface area contributed by atoms with Gasteiger partial charge in [0.2, 0.25) is 5.91 Å². The van der Waals surface area contributed by atoms with Crippen LogP contribution in [0.15, 0.2) is 32.4 Å². The highest BCUT2D eigenvalue weighted by molar-refractivity contribution is 9.11. The zero-order valence-electron chi connectivity index (χ0n) is 39.0. The molecule has 0 radical (unpaired) electrons. The van der Waals surface area contributed by atoms with E-state index < -0.39 is 23.5 Å². The number of amides is 2. The van der Waals surface area contributed by atoms with E-state index in [-0.39, 0.29) is 60.6 Å². The number of nitrogens with zero attached hydrogens (tertiary/aromatic N) is 5. The zero-order valence-corrected chi connectivity index (χ0v) is 43.7. The van der Waals surface area contributed by atoms with E-state index in [1.54, 1.807) is 26.2 Å². The Labute approximate surface area is 411 Å². The Morgan fingerprint density at radius 1 is 0.682 bits per heavy atom. The van der Waals surface area contributed by atoms with Crippen molar-refractivity contribution in [3.63, 3.8) is 0 Å². The number of carbonyl (C=O) groups excluding carboxylic acids is 4. The fourth-order valence-electron chi connectivity index (χ4n) is 9.22. The molecule has 3 aromatic rings. The van der Waals surface area contributed by atoms with Crippen molar-refractivity contribution in [2.45, 2.75) is 142 Å². The Bertz CT molecular complexity index is 2180. The highest BCUT2D eigenvalue weighted by Gasteiger charge is 2.57. The molecule has 66 heavy (non-hydrogen) atoms. The van der Waals surface area contributed by atoms with E-state index in [9.17, 15) is 24.0 Å². The molecule has 6 aliphatic rings. The van der Waals surface area contributed by atoms with Gasteiger partial charge in [0.05, 0.1) is 75.6 Å². The number of hydrogen-bond donors (Lipinski definition) is 5. The van der Waals surface area contributed by atoms with Crippen molar-refractivity contribution in [2.24, 2.45) is 41.4 Å². The smallest absolute Gasteiger partial charge is 0.411 e. The lowest BCUT2D eigenvalue weighted by Gasteiger charge is -2.31. The average Bonchev–Trinajstić information content (AvgIpc) is 3.99. The topological polar surface area (TPSA) is 238 Å². The Kier molecular flexibility index (Phi) is 16.9. The lowest BCUT2D eigenvalue weighted by molar-refractivity contribution is -0.151. The van der Waals surface area contributed by atoms with Crippen LogP contribution in [0, 0.1) is 41.4 Å². The van der Waals surface area contributed by atoms with Crippen molar-refractivity contribution in [3.05, 3.63) is 49.9 Å². The summed E-state index contributed by atoms with van der Waals surface area (Å²) in [5, 5.41) is 12.2. The first-order chi connectivity index (χ1) is 31.1. The number of piperidine rings is 3. The predicted octanol–water partition coefficient (Wildman–Crippen LogP) is 8.41. The lowest BCUT2D eigenvalue weighted by Crippen LogP contribution is -2.41. The first kappa shape index (κ1) is 51.6. The average molecular weight is 1110 g/mol. The molecular formula is C45H64Br3N9O9. The fraction of sp³-hybridized carbons (Fsp3) is 0.689. The highest BCUT2D eigenvalue weighted by atomic mass is 79.9. The van der Waals surface area contributed by atoms with Crippen molar-refractivity contribution < 1.29 is 43.3 Å². The minimum absolute atomic E-state index is 0.0172. The maximum Gasteiger partial charge on any atom is 0.411 e. The normalized spacial score (nSPS) is 27.1. The van der Waals surface area contributed by atoms with Crippen molar-refractivity contribution in [2.75, 3.05) is 14.2 Å². The molecule has 3 aliphatic heterocycles. The number of halogens is 3. The molecule has 11 atom stereocenters. The molecule has 2 amide bonds. The molecule has 6 fully saturated rings. The number of H-pyrrole nitrogens is 3. The number of rotatable bonds is 11. The van der Waals surface area contributed by atoms with E-state index in [0.717, 1.165) is 68.9 Å². The van der Waals surface area contributed by atoms with Gasteiger partial charge in [0.1, 0.15) is 36.9 Å². The first-order valence-corrected chi connectivity index (χ1v) is 25.0. The number of aromatic nitrogens is 6. The number of ether oxygens (including phenoxy) is 3. The third kappa shape index (κ3) is 13.2. The van der Waals surface area contributed by atoms with Gasteiger partial charge in [-0.15, -0.1) is 0 Å². The van der Waals surface area contributed by atoms with Gasteiger partial charge in [0.25, 0.3) is 0 Å². The number of aromatic amines is 3. The van der Waals surface area contributed by atoms with Gasteiger partial charge in [-0.05, 0) is 137 Å². The molecule has 3 saturated carbocycles. The Hall–Kier alpha value is -3.82. The number of hydrogen-bond acceptors (Lipinski definition) is 12. The predicted molar refractivity (Wildman–Crippen MR) is 252 cm³/mol. The Balaban J connectivity index is 0.000000151. The van der Waals surface area contributed by atoms with E-state index in [4.69, 9.17) is 14.6 Å². The number of nitrogens with one attached hydrogen (secondary N) is 4. The largest absolute Gasteiger partial charge is 0.481 e. The summed E-state index contributed by atoms with van der Waals surface area (Å²) in [4.78, 5) is 84.8. The second-order valence-corrected chi connectivity index (χ2v) is 22.3.